The quantitative estimate of drug-likeness (QED) is 0.770. The van der Waals surface area contributed by atoms with Crippen molar-refractivity contribution in [2.45, 2.75) is 46.1 Å². The van der Waals surface area contributed by atoms with Crippen LogP contribution in [-0.4, -0.2) is 31.2 Å². The first-order valence-corrected chi connectivity index (χ1v) is 7.83. The van der Waals surface area contributed by atoms with Crippen LogP contribution in [0.1, 0.15) is 51.8 Å². The highest BCUT2D eigenvalue weighted by Crippen LogP contribution is 2.19. The van der Waals surface area contributed by atoms with Crippen LogP contribution in [0, 0.1) is 5.92 Å². The van der Waals surface area contributed by atoms with E-state index in [0.29, 0.717) is 11.3 Å². The molecule has 0 saturated heterocycles. The first kappa shape index (κ1) is 16.4. The molecule has 6 nitrogen and oxygen atoms in total. The van der Waals surface area contributed by atoms with E-state index in [1.165, 1.54) is 4.57 Å². The zero-order valence-electron chi connectivity index (χ0n) is 13.4. The van der Waals surface area contributed by atoms with Gasteiger partial charge >= 0.3 is 5.69 Å². The van der Waals surface area contributed by atoms with Gasteiger partial charge in [0, 0.05) is 0 Å². The maximum absolute atomic E-state index is 12.2. The van der Waals surface area contributed by atoms with E-state index in [-0.39, 0.29) is 24.3 Å². The Kier molecular flexibility index (Phi) is 5.49. The van der Waals surface area contributed by atoms with Gasteiger partial charge in [0.05, 0.1) is 24.5 Å². The van der Waals surface area contributed by atoms with E-state index >= 15 is 0 Å². The third kappa shape index (κ3) is 3.44. The molecule has 2 aromatic heterocycles. The molecule has 120 valence electrons. The van der Waals surface area contributed by atoms with E-state index in [2.05, 4.69) is 28.0 Å². The number of nitrogens with zero attached hydrogens (tertiary/aromatic N) is 3. The summed E-state index contributed by atoms with van der Waals surface area (Å²) in [4.78, 5) is 23.6. The molecule has 2 N–H and O–H groups in total. The monoisotopic (exact) mass is 304 g/mol. The summed E-state index contributed by atoms with van der Waals surface area (Å²) in [7, 11) is 0. The summed E-state index contributed by atoms with van der Waals surface area (Å²) in [5, 5.41) is 9.59. The average Bonchev–Trinajstić information content (AvgIpc) is 2.80. The van der Waals surface area contributed by atoms with E-state index < -0.39 is 0 Å². The van der Waals surface area contributed by atoms with E-state index in [9.17, 15) is 9.90 Å². The maximum atomic E-state index is 12.2. The van der Waals surface area contributed by atoms with Gasteiger partial charge in [-0.2, -0.15) is 0 Å². The number of nitrogens with one attached hydrogen (secondary N) is 1. The van der Waals surface area contributed by atoms with Gasteiger partial charge in [0.25, 0.3) is 0 Å². The first-order valence-electron chi connectivity index (χ1n) is 7.83. The number of imidazole rings is 1. The number of aliphatic hydroxyl groups excluding tert-OH is 1. The summed E-state index contributed by atoms with van der Waals surface area (Å²) in [6.07, 6.45) is 8.93. The molecule has 1 atom stereocenters. The fraction of sp³-hybridized carbons (Fsp3) is 0.562. The number of allylic oxidation sites excluding steroid dienone is 1. The molecule has 22 heavy (non-hydrogen) atoms. The molecular weight excluding hydrogens is 280 g/mol. The zero-order chi connectivity index (χ0) is 16.1. The molecular formula is C16H24N4O2. The molecule has 2 aromatic rings. The number of unbranched alkanes of at least 4 members (excludes halogenated alkanes) is 2. The molecule has 0 aliphatic carbocycles. The van der Waals surface area contributed by atoms with Crippen molar-refractivity contribution >= 4 is 17.4 Å². The van der Waals surface area contributed by atoms with E-state index in [4.69, 9.17) is 0 Å². The molecule has 6 heteroatoms. The highest BCUT2D eigenvalue weighted by molar-refractivity contribution is 5.67. The number of H-pyrrole nitrogens is 1. The first-order chi connectivity index (χ1) is 10.6. The smallest absolute Gasteiger partial charge is 0.329 e. The number of aromatic amines is 1. The lowest BCUT2D eigenvalue weighted by Gasteiger charge is -2.19. The predicted molar refractivity (Wildman–Crippen MR) is 87.7 cm³/mol. The number of aromatic nitrogens is 4. The van der Waals surface area contributed by atoms with Crippen LogP contribution in [0.4, 0.5) is 0 Å². The van der Waals surface area contributed by atoms with Crippen LogP contribution in [0.15, 0.2) is 17.1 Å². The second-order valence-corrected chi connectivity index (χ2v) is 5.81. The summed E-state index contributed by atoms with van der Waals surface area (Å²) < 4.78 is 1.51. The maximum Gasteiger partial charge on any atom is 0.329 e. The second-order valence-electron chi connectivity index (χ2n) is 5.81. The zero-order valence-corrected chi connectivity index (χ0v) is 13.4. The molecule has 0 aromatic carbocycles. The van der Waals surface area contributed by atoms with E-state index in [0.717, 1.165) is 25.0 Å². The molecule has 0 amide bonds. The van der Waals surface area contributed by atoms with Crippen LogP contribution in [-0.2, 0) is 0 Å². The lowest BCUT2D eigenvalue weighted by Crippen LogP contribution is -2.28. The van der Waals surface area contributed by atoms with Gasteiger partial charge in [-0.1, -0.05) is 39.7 Å². The summed E-state index contributed by atoms with van der Waals surface area (Å²) >= 11 is 0. The molecule has 0 saturated carbocycles. The lowest BCUT2D eigenvalue weighted by atomic mass is 10.1. The third-order valence-corrected chi connectivity index (χ3v) is 3.75. The van der Waals surface area contributed by atoms with Crippen LogP contribution in [0.5, 0.6) is 0 Å². The van der Waals surface area contributed by atoms with Crippen molar-refractivity contribution in [3.8, 4) is 0 Å². The second kappa shape index (κ2) is 7.35. The molecule has 0 aliphatic heterocycles. The molecule has 0 unspecified atom stereocenters. The fourth-order valence-corrected chi connectivity index (χ4v) is 2.41. The molecule has 0 bridgehead atoms. The standard InChI is InChI=1S/C16H24N4O2/c1-4-5-6-7-8-12-9-17-14-15(18-12)20(16(22)19-14)13(10-21)11(2)3/h7-9,11,13,21H,4-6,10H2,1-3H3,(H,17,19,22)/b8-7+/t13-/m1/s1. The molecule has 0 radical (unpaired) electrons. The molecule has 2 rings (SSSR count). The van der Waals surface area contributed by atoms with Gasteiger partial charge in [0.2, 0.25) is 0 Å². The summed E-state index contributed by atoms with van der Waals surface area (Å²) in [6.45, 7) is 5.98. The van der Waals surface area contributed by atoms with Gasteiger partial charge < -0.3 is 5.11 Å². The van der Waals surface area contributed by atoms with Crippen LogP contribution >= 0.6 is 0 Å². The molecule has 0 aliphatic rings. The van der Waals surface area contributed by atoms with Crippen molar-refractivity contribution in [1.29, 1.82) is 0 Å². The summed E-state index contributed by atoms with van der Waals surface area (Å²) in [5.74, 6) is 0.118. The van der Waals surface area contributed by atoms with Gasteiger partial charge in [-0.3, -0.25) is 9.55 Å². The van der Waals surface area contributed by atoms with Crippen molar-refractivity contribution < 1.29 is 5.11 Å². The molecule has 2 heterocycles. The number of rotatable bonds is 7. The van der Waals surface area contributed by atoms with Gasteiger partial charge in [-0.25, -0.2) is 14.8 Å². The number of hydrogen-bond donors (Lipinski definition) is 2. The minimum Gasteiger partial charge on any atom is -0.394 e. The van der Waals surface area contributed by atoms with Gasteiger partial charge in [0.1, 0.15) is 0 Å². The van der Waals surface area contributed by atoms with Crippen molar-refractivity contribution in [2.75, 3.05) is 6.61 Å². The van der Waals surface area contributed by atoms with Gasteiger partial charge in [-0.05, 0) is 18.4 Å². The van der Waals surface area contributed by atoms with Gasteiger partial charge in [0.15, 0.2) is 11.3 Å². The number of hydrogen-bond acceptors (Lipinski definition) is 4. The fourth-order valence-electron chi connectivity index (χ4n) is 2.41. The topological polar surface area (TPSA) is 83.8 Å². The van der Waals surface area contributed by atoms with E-state index in [1.807, 2.05) is 19.9 Å². The Labute approximate surface area is 129 Å². The Hall–Kier alpha value is -1.95. The normalized spacial score (nSPS) is 13.5. The highest BCUT2D eigenvalue weighted by Gasteiger charge is 2.21. The van der Waals surface area contributed by atoms with E-state index in [1.54, 1.807) is 6.20 Å². The Balaban J connectivity index is 2.42. The lowest BCUT2D eigenvalue weighted by molar-refractivity contribution is 0.193. The number of fused-ring (bicyclic) bond motifs is 1. The van der Waals surface area contributed by atoms with Crippen LogP contribution in [0.2, 0.25) is 0 Å². The Bertz CT molecular complexity index is 700. The number of aliphatic hydroxyl groups is 1. The van der Waals surface area contributed by atoms with Crippen LogP contribution in [0.25, 0.3) is 17.4 Å². The Morgan fingerprint density at radius 1 is 1.45 bits per heavy atom. The minimum atomic E-state index is -0.310. The van der Waals surface area contributed by atoms with Crippen molar-refractivity contribution in [3.05, 3.63) is 28.5 Å². The minimum absolute atomic E-state index is 0.108. The average molecular weight is 304 g/mol. The van der Waals surface area contributed by atoms with Crippen LogP contribution < -0.4 is 5.69 Å². The molecule has 0 spiro atoms. The third-order valence-electron chi connectivity index (χ3n) is 3.75. The van der Waals surface area contributed by atoms with Gasteiger partial charge in [-0.15, -0.1) is 0 Å². The molecule has 0 fully saturated rings. The van der Waals surface area contributed by atoms with Crippen LogP contribution in [0.3, 0.4) is 0 Å². The van der Waals surface area contributed by atoms with Crippen molar-refractivity contribution in [1.82, 2.24) is 19.5 Å². The largest absolute Gasteiger partial charge is 0.394 e. The van der Waals surface area contributed by atoms with Crippen molar-refractivity contribution in [2.24, 2.45) is 5.92 Å². The predicted octanol–water partition coefficient (Wildman–Crippen LogP) is 2.51. The summed E-state index contributed by atoms with van der Waals surface area (Å²) in [5.41, 5.74) is 1.39. The highest BCUT2D eigenvalue weighted by atomic mass is 16.3. The SMILES string of the molecule is CCCC/C=C/c1cnc2[nH]c(=O)n([C@H](CO)C(C)C)c2n1. The Morgan fingerprint density at radius 3 is 2.86 bits per heavy atom. The Morgan fingerprint density at radius 2 is 2.23 bits per heavy atom. The van der Waals surface area contributed by atoms with Crippen molar-refractivity contribution in [3.63, 3.8) is 0 Å². The summed E-state index contributed by atoms with van der Waals surface area (Å²) in [6, 6.07) is -0.310.